The molecule has 0 spiro atoms. The third-order valence-electron chi connectivity index (χ3n) is 0.860. The van der Waals surface area contributed by atoms with Crippen molar-refractivity contribution in [1.29, 1.82) is 0 Å². The molecule has 11 heavy (non-hydrogen) atoms. The van der Waals surface area contributed by atoms with Gasteiger partial charge in [0.1, 0.15) is 0 Å². The molecule has 0 heterocycles. The molecule has 0 saturated carbocycles. The molecule has 0 rings (SSSR count). The van der Waals surface area contributed by atoms with E-state index in [0.29, 0.717) is 0 Å². The summed E-state index contributed by atoms with van der Waals surface area (Å²) in [7, 11) is -6.71. The van der Waals surface area contributed by atoms with Crippen molar-refractivity contribution in [3.8, 4) is 0 Å². The normalized spacial score (nSPS) is 13.2. The van der Waals surface area contributed by atoms with Gasteiger partial charge in [-0.05, 0) is 13.1 Å². The van der Waals surface area contributed by atoms with E-state index in [4.69, 9.17) is 14.4 Å². The van der Waals surface area contributed by atoms with Gasteiger partial charge in [-0.1, -0.05) is 5.70 Å². The van der Waals surface area contributed by atoms with E-state index < -0.39 is 17.4 Å². The van der Waals surface area contributed by atoms with Crippen LogP contribution in [0.15, 0.2) is 12.3 Å². The van der Waals surface area contributed by atoms with Crippen molar-refractivity contribution < 1.29 is 23.5 Å². The number of hydrogen-bond acceptors (Lipinski definition) is 5. The second-order valence-electron chi connectivity index (χ2n) is 2.55. The van der Waals surface area contributed by atoms with Crippen molar-refractivity contribution in [3.05, 3.63) is 12.3 Å². The summed E-state index contributed by atoms with van der Waals surface area (Å²) in [5.74, 6) is 0. The van der Waals surface area contributed by atoms with E-state index in [1.165, 1.54) is 5.70 Å². The van der Waals surface area contributed by atoms with E-state index in [2.05, 4.69) is 15.7 Å². The molecule has 66 valence electrons. The Bertz CT molecular complexity index is 140. The maximum atomic E-state index is 8.37. The topological polar surface area (TPSA) is 79.2 Å². The average molecular weight is 196 g/mol. The van der Waals surface area contributed by atoms with Crippen LogP contribution in [-0.2, 0) is 9.15 Å². The highest BCUT2D eigenvalue weighted by molar-refractivity contribution is 6.76. The van der Waals surface area contributed by atoms with E-state index in [1.54, 1.807) is 13.1 Å². The minimum Gasteiger partial charge on any atom is -0.366 e. The Morgan fingerprint density at radius 1 is 1.18 bits per heavy atom. The van der Waals surface area contributed by atoms with E-state index >= 15 is 0 Å². The lowest BCUT2D eigenvalue weighted by atomic mass is 11.3. The van der Waals surface area contributed by atoms with Crippen molar-refractivity contribution in [2.75, 3.05) is 0 Å². The summed E-state index contributed by atoms with van der Waals surface area (Å²) in [4.78, 5) is 25.1. The molecule has 0 unspecified atom stereocenters. The minimum atomic E-state index is -4.52. The maximum absolute atomic E-state index is 8.37. The molecule has 0 aliphatic rings. The monoisotopic (exact) mass is 196 g/mol. The van der Waals surface area contributed by atoms with Crippen molar-refractivity contribution in [2.45, 2.75) is 13.1 Å². The third kappa shape index (κ3) is 6.37. The zero-order chi connectivity index (χ0) is 9.12. The molecule has 0 aromatic carbocycles. The summed E-state index contributed by atoms with van der Waals surface area (Å²) in [6, 6.07) is 0. The van der Waals surface area contributed by atoms with Crippen LogP contribution in [-0.4, -0.2) is 31.8 Å². The van der Waals surface area contributed by atoms with E-state index in [-0.39, 0.29) is 0 Å². The van der Waals surface area contributed by atoms with Gasteiger partial charge in [0, 0.05) is 0 Å². The second kappa shape index (κ2) is 3.58. The predicted molar refractivity (Wildman–Crippen MR) is 42.3 cm³/mol. The number of hydrogen-bond donors (Lipinski definition) is 3. The maximum Gasteiger partial charge on any atom is 0.698 e. The van der Waals surface area contributed by atoms with Gasteiger partial charge < -0.3 is 14.4 Å². The van der Waals surface area contributed by atoms with Gasteiger partial charge in [0.2, 0.25) is 0 Å². The van der Waals surface area contributed by atoms with Crippen LogP contribution in [0.25, 0.3) is 0 Å². The minimum absolute atomic E-state index is 1.53. The molecule has 0 amide bonds. The Morgan fingerprint density at radius 3 is 1.91 bits per heavy atom. The Kier molecular flexibility index (Phi) is 3.57. The second-order valence-corrected chi connectivity index (χ2v) is 7.64. The van der Waals surface area contributed by atoms with Crippen LogP contribution in [0.2, 0.25) is 13.1 Å². The van der Waals surface area contributed by atoms with Gasteiger partial charge in [0.25, 0.3) is 8.32 Å². The smallest absolute Gasteiger partial charge is 0.366 e. The first kappa shape index (κ1) is 11.0. The standard InChI is InChI=1S/C4H12O5Si2/c1-4-10(2,3)8-9-11(5,6)7/h4-7H,1H2,2-3H3. The Hall–Kier alpha value is -0.0262. The fraction of sp³-hybridized carbons (Fsp3) is 0.500. The van der Waals surface area contributed by atoms with Crippen molar-refractivity contribution >= 4 is 17.4 Å². The van der Waals surface area contributed by atoms with Crippen LogP contribution in [0, 0.1) is 0 Å². The number of rotatable bonds is 4. The highest BCUT2D eigenvalue weighted by Crippen LogP contribution is 2.07. The van der Waals surface area contributed by atoms with Gasteiger partial charge in [-0.3, -0.25) is 4.58 Å². The van der Waals surface area contributed by atoms with Crippen LogP contribution < -0.4 is 0 Å². The fourth-order valence-electron chi connectivity index (χ4n) is 0.197. The molecule has 0 aliphatic carbocycles. The Morgan fingerprint density at radius 2 is 1.64 bits per heavy atom. The predicted octanol–water partition coefficient (Wildman–Crippen LogP) is -0.723. The SMILES string of the molecule is C=C[Si](C)(C)OO[Si](O)(O)O. The quantitative estimate of drug-likeness (QED) is 0.314. The first-order chi connectivity index (χ1) is 4.77. The summed E-state index contributed by atoms with van der Waals surface area (Å²) in [5.41, 5.74) is 1.53. The lowest BCUT2D eigenvalue weighted by molar-refractivity contribution is -0.186. The first-order valence-electron chi connectivity index (χ1n) is 2.94. The molecule has 3 N–H and O–H groups in total. The molecule has 0 fully saturated rings. The molecule has 0 atom stereocenters. The molecule has 0 aliphatic heterocycles. The van der Waals surface area contributed by atoms with Gasteiger partial charge in [-0.25, -0.2) is 4.58 Å². The molecular formula is C4H12O5Si2. The molecular weight excluding hydrogens is 184 g/mol. The average Bonchev–Trinajstić information content (AvgIpc) is 1.83. The Balaban J connectivity index is 3.79. The molecule has 0 aromatic rings. The summed E-state index contributed by atoms with van der Waals surface area (Å²) in [6.07, 6.45) is 0. The van der Waals surface area contributed by atoms with Gasteiger partial charge in [-0.15, -0.1) is 6.58 Å². The van der Waals surface area contributed by atoms with Crippen molar-refractivity contribution in [2.24, 2.45) is 0 Å². The molecule has 5 nitrogen and oxygen atoms in total. The summed E-state index contributed by atoms with van der Waals surface area (Å²) < 4.78 is 8.56. The summed E-state index contributed by atoms with van der Waals surface area (Å²) in [6.45, 7) is 6.91. The van der Waals surface area contributed by atoms with E-state index in [0.717, 1.165) is 0 Å². The Labute approximate surface area is 67.1 Å². The van der Waals surface area contributed by atoms with Gasteiger partial charge in [0.15, 0.2) is 0 Å². The van der Waals surface area contributed by atoms with Crippen LogP contribution in [0.5, 0.6) is 0 Å². The van der Waals surface area contributed by atoms with Gasteiger partial charge in [-0.2, -0.15) is 0 Å². The van der Waals surface area contributed by atoms with E-state index in [1.807, 2.05) is 0 Å². The van der Waals surface area contributed by atoms with Crippen LogP contribution >= 0.6 is 0 Å². The highest BCUT2D eigenvalue weighted by atomic mass is 28.4. The third-order valence-corrected chi connectivity index (χ3v) is 2.83. The van der Waals surface area contributed by atoms with E-state index in [9.17, 15) is 0 Å². The lowest BCUT2D eigenvalue weighted by Gasteiger charge is -2.18. The van der Waals surface area contributed by atoms with Crippen LogP contribution in [0.4, 0.5) is 0 Å². The van der Waals surface area contributed by atoms with Gasteiger partial charge >= 0.3 is 9.05 Å². The van der Waals surface area contributed by atoms with Crippen LogP contribution in [0.3, 0.4) is 0 Å². The zero-order valence-corrected chi connectivity index (χ0v) is 8.44. The lowest BCUT2D eigenvalue weighted by Crippen LogP contribution is -2.43. The molecule has 0 bridgehead atoms. The molecule has 0 saturated heterocycles. The van der Waals surface area contributed by atoms with Crippen LogP contribution in [0.1, 0.15) is 0 Å². The highest BCUT2D eigenvalue weighted by Gasteiger charge is 2.35. The zero-order valence-electron chi connectivity index (χ0n) is 6.44. The van der Waals surface area contributed by atoms with Gasteiger partial charge in [0.05, 0.1) is 0 Å². The summed E-state index contributed by atoms with van der Waals surface area (Å²) >= 11 is 0. The van der Waals surface area contributed by atoms with Crippen molar-refractivity contribution in [1.82, 2.24) is 0 Å². The molecule has 0 radical (unpaired) electrons. The summed E-state index contributed by atoms with van der Waals surface area (Å²) in [5, 5.41) is 0. The fourth-order valence-corrected chi connectivity index (χ4v) is 1.57. The molecule has 7 heteroatoms. The van der Waals surface area contributed by atoms with Crippen molar-refractivity contribution in [3.63, 3.8) is 0 Å². The molecule has 0 aromatic heterocycles. The largest absolute Gasteiger partial charge is 0.698 e. The first-order valence-corrected chi connectivity index (χ1v) is 7.68.